The number of fused-ring (bicyclic) bond motifs is 2. The molecule has 3 fully saturated rings. The maximum absolute atomic E-state index is 13.9. The lowest BCUT2D eigenvalue weighted by molar-refractivity contribution is -0.0148. The molecule has 2 aliphatic carbocycles. The third-order valence-electron chi connectivity index (χ3n) is 8.23. The monoisotopic (exact) mass is 420 g/mol. The molecule has 1 saturated heterocycles. The lowest BCUT2D eigenvalue weighted by Gasteiger charge is -2.51. The number of carbonyl (C=O) groups is 1. The Balaban J connectivity index is 1.34. The number of rotatable bonds is 4. The van der Waals surface area contributed by atoms with Crippen LogP contribution in [-0.4, -0.2) is 54.7 Å². The molecule has 3 aromatic heterocycles. The summed E-state index contributed by atoms with van der Waals surface area (Å²) in [7, 11) is 0. The Hall–Kier alpha value is -2.74. The van der Waals surface area contributed by atoms with Crippen LogP contribution in [0.2, 0.25) is 0 Å². The van der Waals surface area contributed by atoms with Gasteiger partial charge in [0.25, 0.3) is 5.56 Å². The van der Waals surface area contributed by atoms with Crippen LogP contribution in [0.15, 0.2) is 29.3 Å². The van der Waals surface area contributed by atoms with E-state index in [9.17, 15) is 9.59 Å². The minimum Gasteiger partial charge on any atom is -0.303 e. The molecule has 2 bridgehead atoms. The molecule has 0 radical (unpaired) electrons. The smallest absolute Gasteiger partial charge is 0.276 e. The molecular weight excluding hydrogens is 392 g/mol. The van der Waals surface area contributed by atoms with E-state index in [0.29, 0.717) is 34.8 Å². The highest BCUT2D eigenvalue weighted by molar-refractivity contribution is 6.02. The zero-order valence-corrected chi connectivity index (χ0v) is 18.0. The third-order valence-corrected chi connectivity index (χ3v) is 8.23. The maximum Gasteiger partial charge on any atom is 0.276 e. The third kappa shape index (κ3) is 2.63. The summed E-state index contributed by atoms with van der Waals surface area (Å²) in [6.45, 7) is 7.52. The highest BCUT2D eigenvalue weighted by Gasteiger charge is 2.63. The highest BCUT2D eigenvalue weighted by Crippen LogP contribution is 2.65. The van der Waals surface area contributed by atoms with Crippen molar-refractivity contribution >= 4 is 11.3 Å². The van der Waals surface area contributed by atoms with Crippen molar-refractivity contribution in [1.82, 2.24) is 29.3 Å². The summed E-state index contributed by atoms with van der Waals surface area (Å²) in [6, 6.07) is 3.50. The minimum absolute atomic E-state index is 0.219. The van der Waals surface area contributed by atoms with Gasteiger partial charge in [-0.25, -0.2) is 9.20 Å². The summed E-state index contributed by atoms with van der Waals surface area (Å²) in [5, 5.41) is 8.91. The molecule has 162 valence electrons. The standard InChI is InChI=1S/C23H28N6O2/c1-3-27-8-6-15-9-18-16(13-27)11-23(18,10-15)20(30)17-12-24-29(14(17)2)22-25-21(31)19-5-4-7-28(19)26-22/h4-5,7,12,15-16,18H,3,6,8-11,13H2,1-2H3,(H,25,26,31). The number of ketones is 1. The van der Waals surface area contributed by atoms with Gasteiger partial charge in [0.1, 0.15) is 5.52 Å². The Morgan fingerprint density at radius 2 is 2.23 bits per heavy atom. The average molecular weight is 421 g/mol. The molecule has 6 rings (SSSR count). The van der Waals surface area contributed by atoms with E-state index in [1.807, 2.05) is 6.92 Å². The van der Waals surface area contributed by atoms with Gasteiger partial charge in [-0.3, -0.25) is 14.6 Å². The summed E-state index contributed by atoms with van der Waals surface area (Å²) in [6.07, 6.45) is 7.81. The van der Waals surface area contributed by atoms with E-state index in [4.69, 9.17) is 0 Å². The summed E-state index contributed by atoms with van der Waals surface area (Å²) in [5.74, 6) is 2.36. The van der Waals surface area contributed by atoms with Crippen molar-refractivity contribution < 1.29 is 4.79 Å². The largest absolute Gasteiger partial charge is 0.303 e. The molecule has 0 spiro atoms. The van der Waals surface area contributed by atoms with Gasteiger partial charge in [-0.15, -0.1) is 5.10 Å². The Morgan fingerprint density at radius 1 is 1.35 bits per heavy atom. The summed E-state index contributed by atoms with van der Waals surface area (Å²) < 4.78 is 3.12. The Bertz CT molecular complexity index is 1240. The van der Waals surface area contributed by atoms with E-state index in [1.165, 1.54) is 12.8 Å². The zero-order valence-electron chi connectivity index (χ0n) is 18.0. The van der Waals surface area contributed by atoms with Crippen LogP contribution < -0.4 is 5.56 Å². The summed E-state index contributed by atoms with van der Waals surface area (Å²) in [4.78, 5) is 31.6. The van der Waals surface area contributed by atoms with E-state index in [1.54, 1.807) is 33.7 Å². The topological polar surface area (TPSA) is 88.3 Å². The van der Waals surface area contributed by atoms with Gasteiger partial charge in [0.15, 0.2) is 5.78 Å². The van der Waals surface area contributed by atoms with Crippen molar-refractivity contribution in [2.24, 2.45) is 23.2 Å². The van der Waals surface area contributed by atoms with E-state index < -0.39 is 0 Å². The second-order valence-electron chi connectivity index (χ2n) is 9.71. The number of aromatic amines is 1. The van der Waals surface area contributed by atoms with Crippen LogP contribution in [0.5, 0.6) is 0 Å². The van der Waals surface area contributed by atoms with Gasteiger partial charge in [0, 0.05) is 18.2 Å². The molecule has 3 aliphatic rings. The van der Waals surface area contributed by atoms with E-state index in [0.717, 1.165) is 38.2 Å². The maximum atomic E-state index is 13.9. The van der Waals surface area contributed by atoms with Gasteiger partial charge < -0.3 is 4.90 Å². The minimum atomic E-state index is -0.226. The molecular formula is C23H28N6O2. The Morgan fingerprint density at radius 3 is 3.06 bits per heavy atom. The van der Waals surface area contributed by atoms with Gasteiger partial charge in [0.05, 0.1) is 17.5 Å². The first kappa shape index (κ1) is 19.0. The number of Topliss-reactive ketones (excluding diaryl/α,β-unsaturated/α-hetero) is 1. The average Bonchev–Trinajstić information content (AvgIpc) is 3.45. The Labute approximate surface area is 180 Å². The lowest BCUT2D eigenvalue weighted by Crippen LogP contribution is -2.53. The van der Waals surface area contributed by atoms with Crippen molar-refractivity contribution in [3.05, 3.63) is 46.1 Å². The highest BCUT2D eigenvalue weighted by atomic mass is 16.1. The molecule has 4 heterocycles. The van der Waals surface area contributed by atoms with Crippen molar-refractivity contribution in [3.63, 3.8) is 0 Å². The SMILES string of the molecule is CCN1CCC2CC3C(C1)CC3(C(=O)c1cnn(-c3nn4cccc4c(=O)[nH]3)c1C)C2. The van der Waals surface area contributed by atoms with Crippen molar-refractivity contribution in [2.75, 3.05) is 19.6 Å². The summed E-state index contributed by atoms with van der Waals surface area (Å²) in [5.41, 5.74) is 1.45. The molecule has 8 nitrogen and oxygen atoms in total. The lowest BCUT2D eigenvalue weighted by atomic mass is 9.52. The molecule has 2 saturated carbocycles. The Kier molecular flexibility index (Phi) is 4.06. The number of H-pyrrole nitrogens is 1. The van der Waals surface area contributed by atoms with Crippen LogP contribution in [0.3, 0.4) is 0 Å². The number of hydrogen-bond donors (Lipinski definition) is 1. The zero-order chi connectivity index (χ0) is 21.3. The van der Waals surface area contributed by atoms with Crippen molar-refractivity contribution in [2.45, 2.75) is 39.5 Å². The second-order valence-corrected chi connectivity index (χ2v) is 9.71. The molecule has 4 atom stereocenters. The van der Waals surface area contributed by atoms with E-state index in [-0.39, 0.29) is 16.8 Å². The van der Waals surface area contributed by atoms with Crippen LogP contribution in [-0.2, 0) is 0 Å². The quantitative estimate of drug-likeness (QED) is 0.655. The van der Waals surface area contributed by atoms with Crippen LogP contribution in [0, 0.1) is 30.1 Å². The number of carbonyl (C=O) groups excluding carboxylic acids is 1. The molecule has 3 aromatic rings. The molecule has 1 N–H and O–H groups in total. The number of hydrogen-bond acceptors (Lipinski definition) is 5. The first-order valence-electron chi connectivity index (χ1n) is 11.4. The molecule has 1 aliphatic heterocycles. The van der Waals surface area contributed by atoms with Gasteiger partial charge >= 0.3 is 0 Å². The summed E-state index contributed by atoms with van der Waals surface area (Å²) >= 11 is 0. The number of likely N-dealkylation sites (tertiary alicyclic amines) is 1. The number of aromatic nitrogens is 5. The molecule has 31 heavy (non-hydrogen) atoms. The first-order chi connectivity index (χ1) is 15.0. The fourth-order valence-corrected chi connectivity index (χ4v) is 6.64. The molecule has 4 unspecified atom stereocenters. The van der Waals surface area contributed by atoms with Crippen LogP contribution in [0.1, 0.15) is 48.7 Å². The van der Waals surface area contributed by atoms with Gasteiger partial charge in [0.2, 0.25) is 5.95 Å². The number of nitrogens with one attached hydrogen (secondary N) is 1. The molecule has 0 amide bonds. The van der Waals surface area contributed by atoms with Crippen LogP contribution in [0.4, 0.5) is 0 Å². The fraction of sp³-hybridized carbons (Fsp3) is 0.565. The predicted octanol–water partition coefficient (Wildman–Crippen LogP) is 2.46. The second kappa shape index (κ2) is 6.63. The molecule has 0 aromatic carbocycles. The van der Waals surface area contributed by atoms with Crippen LogP contribution >= 0.6 is 0 Å². The molecule has 8 heteroatoms. The predicted molar refractivity (Wildman–Crippen MR) is 115 cm³/mol. The fourth-order valence-electron chi connectivity index (χ4n) is 6.64. The van der Waals surface area contributed by atoms with Gasteiger partial charge in [-0.05, 0) is 75.6 Å². The van der Waals surface area contributed by atoms with Gasteiger partial charge in [-0.2, -0.15) is 5.10 Å². The number of nitrogens with zero attached hydrogens (tertiary/aromatic N) is 5. The van der Waals surface area contributed by atoms with E-state index in [2.05, 4.69) is 27.0 Å². The van der Waals surface area contributed by atoms with Gasteiger partial charge in [-0.1, -0.05) is 6.92 Å². The first-order valence-corrected chi connectivity index (χ1v) is 11.4. The van der Waals surface area contributed by atoms with E-state index >= 15 is 0 Å². The van der Waals surface area contributed by atoms with Crippen molar-refractivity contribution in [1.29, 1.82) is 0 Å². The van der Waals surface area contributed by atoms with Crippen LogP contribution in [0.25, 0.3) is 11.5 Å². The normalized spacial score (nSPS) is 30.2. The van der Waals surface area contributed by atoms with Crippen molar-refractivity contribution in [3.8, 4) is 5.95 Å².